The second kappa shape index (κ2) is 9.39. The number of unbranched alkanes of at least 4 members (excludes halogenated alkanes) is 1. The van der Waals surface area contributed by atoms with E-state index in [4.69, 9.17) is 28.6 Å². The monoisotopic (exact) mass is 376 g/mol. The first kappa shape index (κ1) is 19.2. The molecule has 132 valence electrons. The number of rotatable bonds is 6. The Balaban J connectivity index is 1.98. The largest absolute Gasteiger partial charge is 0.494 e. The smallest absolute Gasteiger partial charge is 0.257 e. The third-order valence-corrected chi connectivity index (χ3v) is 4.22. The molecule has 0 aliphatic carbocycles. The van der Waals surface area contributed by atoms with Crippen LogP contribution < -0.4 is 15.4 Å². The molecule has 0 aromatic heterocycles. The molecule has 0 atom stereocenters. The van der Waals surface area contributed by atoms with Gasteiger partial charge >= 0.3 is 0 Å². The predicted molar refractivity (Wildman–Crippen MR) is 107 cm³/mol. The molecule has 0 heterocycles. The van der Waals surface area contributed by atoms with E-state index in [2.05, 4.69) is 17.6 Å². The van der Waals surface area contributed by atoms with Crippen molar-refractivity contribution in [2.75, 3.05) is 11.9 Å². The Hall–Kier alpha value is -2.11. The number of amides is 1. The van der Waals surface area contributed by atoms with Crippen LogP contribution in [-0.4, -0.2) is 17.6 Å². The van der Waals surface area contributed by atoms with Crippen molar-refractivity contribution < 1.29 is 9.53 Å². The zero-order valence-corrected chi connectivity index (χ0v) is 15.8. The second-order valence-electron chi connectivity index (χ2n) is 5.55. The van der Waals surface area contributed by atoms with Crippen molar-refractivity contribution in [1.82, 2.24) is 5.32 Å². The van der Waals surface area contributed by atoms with Gasteiger partial charge in [-0.25, -0.2) is 0 Å². The van der Waals surface area contributed by atoms with Crippen LogP contribution in [0.1, 0.15) is 35.7 Å². The SMILES string of the molecule is CCCCOc1cccc(C(=O)NC(=S)Nc2cccc(Cl)c2C)c1. The summed E-state index contributed by atoms with van der Waals surface area (Å²) in [5, 5.41) is 6.51. The van der Waals surface area contributed by atoms with E-state index in [9.17, 15) is 4.79 Å². The van der Waals surface area contributed by atoms with Gasteiger partial charge in [-0.1, -0.05) is 37.1 Å². The Bertz CT molecular complexity index is 765. The number of ether oxygens (including phenoxy) is 1. The van der Waals surface area contributed by atoms with Crippen molar-refractivity contribution in [2.45, 2.75) is 26.7 Å². The highest BCUT2D eigenvalue weighted by Gasteiger charge is 2.10. The van der Waals surface area contributed by atoms with Crippen LogP contribution in [0.25, 0.3) is 0 Å². The topological polar surface area (TPSA) is 50.4 Å². The summed E-state index contributed by atoms with van der Waals surface area (Å²) in [6.07, 6.45) is 2.03. The minimum Gasteiger partial charge on any atom is -0.494 e. The van der Waals surface area contributed by atoms with E-state index >= 15 is 0 Å². The summed E-state index contributed by atoms with van der Waals surface area (Å²) in [5.74, 6) is 0.379. The third-order valence-electron chi connectivity index (χ3n) is 3.61. The number of halogens is 1. The van der Waals surface area contributed by atoms with Gasteiger partial charge in [0.15, 0.2) is 5.11 Å². The summed E-state index contributed by atoms with van der Waals surface area (Å²) in [4.78, 5) is 12.4. The van der Waals surface area contributed by atoms with Gasteiger partial charge in [0, 0.05) is 16.3 Å². The van der Waals surface area contributed by atoms with Gasteiger partial charge in [-0.05, 0) is 61.5 Å². The van der Waals surface area contributed by atoms with E-state index < -0.39 is 0 Å². The molecule has 0 spiro atoms. The normalized spacial score (nSPS) is 10.2. The van der Waals surface area contributed by atoms with Crippen LogP contribution in [-0.2, 0) is 0 Å². The van der Waals surface area contributed by atoms with Crippen molar-refractivity contribution in [3.8, 4) is 5.75 Å². The van der Waals surface area contributed by atoms with E-state index in [0.29, 0.717) is 22.9 Å². The molecule has 0 fully saturated rings. The third kappa shape index (κ3) is 5.73. The number of carbonyl (C=O) groups is 1. The van der Waals surface area contributed by atoms with Gasteiger partial charge in [0.1, 0.15) is 5.75 Å². The van der Waals surface area contributed by atoms with Crippen molar-refractivity contribution in [2.24, 2.45) is 0 Å². The average molecular weight is 377 g/mol. The van der Waals surface area contributed by atoms with Crippen molar-refractivity contribution >= 4 is 40.5 Å². The van der Waals surface area contributed by atoms with Crippen LogP contribution in [0.4, 0.5) is 5.69 Å². The number of thiocarbonyl (C=S) groups is 1. The molecule has 0 aliphatic heterocycles. The quantitative estimate of drug-likeness (QED) is 0.553. The van der Waals surface area contributed by atoms with E-state index in [0.717, 1.165) is 24.1 Å². The number of anilines is 1. The Morgan fingerprint density at radius 3 is 2.76 bits per heavy atom. The lowest BCUT2D eigenvalue weighted by molar-refractivity contribution is 0.0977. The van der Waals surface area contributed by atoms with Gasteiger partial charge < -0.3 is 10.1 Å². The number of hydrogen-bond acceptors (Lipinski definition) is 3. The van der Waals surface area contributed by atoms with E-state index in [1.54, 1.807) is 24.3 Å². The van der Waals surface area contributed by atoms with Gasteiger partial charge in [-0.2, -0.15) is 0 Å². The lowest BCUT2D eigenvalue weighted by atomic mass is 10.2. The summed E-state index contributed by atoms with van der Waals surface area (Å²) in [7, 11) is 0. The summed E-state index contributed by atoms with van der Waals surface area (Å²) >= 11 is 11.3. The molecule has 0 radical (unpaired) electrons. The van der Waals surface area contributed by atoms with Crippen LogP contribution >= 0.6 is 23.8 Å². The average Bonchev–Trinajstić information content (AvgIpc) is 2.59. The van der Waals surface area contributed by atoms with Gasteiger partial charge in [0.25, 0.3) is 5.91 Å². The maximum atomic E-state index is 12.4. The van der Waals surface area contributed by atoms with Gasteiger partial charge in [0.2, 0.25) is 0 Å². The molecule has 0 bridgehead atoms. The number of nitrogens with one attached hydrogen (secondary N) is 2. The highest BCUT2D eigenvalue weighted by molar-refractivity contribution is 7.80. The Morgan fingerprint density at radius 2 is 2.00 bits per heavy atom. The highest BCUT2D eigenvalue weighted by atomic mass is 35.5. The highest BCUT2D eigenvalue weighted by Crippen LogP contribution is 2.22. The van der Waals surface area contributed by atoms with E-state index in [-0.39, 0.29) is 11.0 Å². The first-order chi connectivity index (χ1) is 12.0. The van der Waals surface area contributed by atoms with Crippen LogP contribution in [0.15, 0.2) is 42.5 Å². The van der Waals surface area contributed by atoms with Crippen molar-refractivity contribution in [1.29, 1.82) is 0 Å². The van der Waals surface area contributed by atoms with Gasteiger partial charge in [0.05, 0.1) is 6.61 Å². The second-order valence-corrected chi connectivity index (χ2v) is 6.37. The molecule has 0 aliphatic rings. The fraction of sp³-hybridized carbons (Fsp3) is 0.263. The lowest BCUT2D eigenvalue weighted by Crippen LogP contribution is -2.34. The molecule has 4 nitrogen and oxygen atoms in total. The number of carbonyl (C=O) groups excluding carboxylic acids is 1. The molecular formula is C19H21ClN2O2S. The Morgan fingerprint density at radius 1 is 1.24 bits per heavy atom. The first-order valence-corrected chi connectivity index (χ1v) is 8.90. The number of benzene rings is 2. The summed E-state index contributed by atoms with van der Waals surface area (Å²) in [6, 6.07) is 12.5. The Kier molecular flexibility index (Phi) is 7.22. The van der Waals surface area contributed by atoms with Crippen molar-refractivity contribution in [3.63, 3.8) is 0 Å². The van der Waals surface area contributed by atoms with Gasteiger partial charge in [-0.15, -0.1) is 0 Å². The fourth-order valence-electron chi connectivity index (χ4n) is 2.13. The molecular weight excluding hydrogens is 356 g/mol. The van der Waals surface area contributed by atoms with E-state index in [1.165, 1.54) is 0 Å². The first-order valence-electron chi connectivity index (χ1n) is 8.11. The minimum absolute atomic E-state index is 0.215. The Labute approximate surface area is 158 Å². The molecule has 25 heavy (non-hydrogen) atoms. The molecule has 1 amide bonds. The molecule has 2 aromatic rings. The summed E-state index contributed by atoms with van der Waals surface area (Å²) in [6.45, 7) is 4.62. The van der Waals surface area contributed by atoms with Crippen LogP contribution in [0.2, 0.25) is 5.02 Å². The van der Waals surface area contributed by atoms with Crippen LogP contribution in [0.5, 0.6) is 5.75 Å². The summed E-state index contributed by atoms with van der Waals surface area (Å²) in [5.41, 5.74) is 2.11. The molecule has 2 rings (SSSR count). The molecule has 0 unspecified atom stereocenters. The molecule has 0 saturated carbocycles. The van der Waals surface area contributed by atoms with Crippen LogP contribution in [0.3, 0.4) is 0 Å². The van der Waals surface area contributed by atoms with E-state index in [1.807, 2.05) is 25.1 Å². The summed E-state index contributed by atoms with van der Waals surface area (Å²) < 4.78 is 5.62. The molecule has 6 heteroatoms. The lowest BCUT2D eigenvalue weighted by Gasteiger charge is -2.13. The minimum atomic E-state index is -0.293. The molecule has 2 N–H and O–H groups in total. The van der Waals surface area contributed by atoms with Gasteiger partial charge in [-0.3, -0.25) is 10.1 Å². The van der Waals surface area contributed by atoms with Crippen molar-refractivity contribution in [3.05, 3.63) is 58.6 Å². The predicted octanol–water partition coefficient (Wildman–Crippen LogP) is 4.95. The zero-order chi connectivity index (χ0) is 18.2. The fourth-order valence-corrected chi connectivity index (χ4v) is 2.51. The number of hydrogen-bond donors (Lipinski definition) is 2. The molecule has 0 saturated heterocycles. The zero-order valence-electron chi connectivity index (χ0n) is 14.3. The van der Waals surface area contributed by atoms with Crippen LogP contribution in [0, 0.1) is 6.92 Å². The molecule has 2 aromatic carbocycles. The maximum absolute atomic E-state index is 12.4. The standard InChI is InChI=1S/C19H21ClN2O2S/c1-3-4-11-24-15-8-5-7-14(12-15)18(23)22-19(25)21-17-10-6-9-16(20)13(17)2/h5-10,12H,3-4,11H2,1-2H3,(H2,21,22,23,25). The maximum Gasteiger partial charge on any atom is 0.257 e.